The van der Waals surface area contributed by atoms with Crippen LogP contribution in [0.25, 0.3) is 0 Å². The third-order valence-electron chi connectivity index (χ3n) is 2.90. The Kier molecular flexibility index (Phi) is 4.41. The van der Waals surface area contributed by atoms with E-state index in [-0.39, 0.29) is 12.6 Å². The van der Waals surface area contributed by atoms with Crippen molar-refractivity contribution in [3.63, 3.8) is 0 Å². The summed E-state index contributed by atoms with van der Waals surface area (Å²) in [6.45, 7) is 3.96. The SMILES string of the molecule is Cc1ncsc1CNC(=O)NCC(C)(O)c1ccco1. The number of urea groups is 1. The van der Waals surface area contributed by atoms with E-state index in [1.807, 2.05) is 6.92 Å². The zero-order valence-electron chi connectivity index (χ0n) is 11.3. The van der Waals surface area contributed by atoms with Crippen molar-refractivity contribution in [1.82, 2.24) is 15.6 Å². The van der Waals surface area contributed by atoms with Gasteiger partial charge in [-0.3, -0.25) is 0 Å². The molecule has 2 heterocycles. The van der Waals surface area contributed by atoms with Crippen molar-refractivity contribution in [2.75, 3.05) is 6.54 Å². The second kappa shape index (κ2) is 6.06. The van der Waals surface area contributed by atoms with Gasteiger partial charge >= 0.3 is 6.03 Å². The van der Waals surface area contributed by atoms with E-state index >= 15 is 0 Å². The fourth-order valence-corrected chi connectivity index (χ4v) is 2.36. The lowest BCUT2D eigenvalue weighted by Crippen LogP contribution is -2.43. The van der Waals surface area contributed by atoms with Gasteiger partial charge in [0.2, 0.25) is 0 Å². The predicted molar refractivity (Wildman–Crippen MR) is 75.4 cm³/mol. The topological polar surface area (TPSA) is 87.4 Å². The summed E-state index contributed by atoms with van der Waals surface area (Å²) in [5.41, 5.74) is 1.42. The Morgan fingerprint density at radius 1 is 1.55 bits per heavy atom. The second-order valence-electron chi connectivity index (χ2n) is 4.65. The summed E-state index contributed by atoms with van der Waals surface area (Å²) in [6, 6.07) is 3.01. The lowest BCUT2D eigenvalue weighted by molar-refractivity contribution is 0.0367. The molecule has 1 atom stereocenters. The van der Waals surface area contributed by atoms with Crippen LogP contribution in [0.4, 0.5) is 4.79 Å². The average Bonchev–Trinajstić information content (AvgIpc) is 3.05. The molecule has 0 aliphatic rings. The number of aromatic nitrogens is 1. The highest BCUT2D eigenvalue weighted by Crippen LogP contribution is 2.19. The van der Waals surface area contributed by atoms with Crippen molar-refractivity contribution in [2.24, 2.45) is 0 Å². The molecule has 0 saturated carbocycles. The fraction of sp³-hybridized carbons (Fsp3) is 0.385. The van der Waals surface area contributed by atoms with Gasteiger partial charge in [0.25, 0.3) is 0 Å². The van der Waals surface area contributed by atoms with E-state index in [9.17, 15) is 9.90 Å². The Hall–Kier alpha value is -1.86. The molecule has 0 aliphatic carbocycles. The third kappa shape index (κ3) is 3.58. The maximum Gasteiger partial charge on any atom is 0.315 e. The van der Waals surface area contributed by atoms with Crippen LogP contribution in [0.15, 0.2) is 28.3 Å². The molecule has 2 aromatic rings. The maximum atomic E-state index is 11.7. The van der Waals surface area contributed by atoms with E-state index < -0.39 is 5.60 Å². The molecule has 0 spiro atoms. The summed E-state index contributed by atoms with van der Waals surface area (Å²) in [5, 5.41) is 15.5. The molecule has 20 heavy (non-hydrogen) atoms. The first-order chi connectivity index (χ1) is 9.49. The number of furan rings is 1. The number of aryl methyl sites for hydroxylation is 1. The van der Waals surface area contributed by atoms with Gasteiger partial charge in [0, 0.05) is 4.88 Å². The highest BCUT2D eigenvalue weighted by atomic mass is 32.1. The Morgan fingerprint density at radius 2 is 2.35 bits per heavy atom. The van der Waals surface area contributed by atoms with E-state index in [1.165, 1.54) is 17.6 Å². The zero-order chi connectivity index (χ0) is 14.6. The molecule has 108 valence electrons. The molecule has 3 N–H and O–H groups in total. The Balaban J connectivity index is 1.79. The van der Waals surface area contributed by atoms with Gasteiger partial charge in [0.1, 0.15) is 11.4 Å². The maximum absolute atomic E-state index is 11.7. The minimum absolute atomic E-state index is 0.0635. The largest absolute Gasteiger partial charge is 0.466 e. The van der Waals surface area contributed by atoms with Gasteiger partial charge in [-0.15, -0.1) is 11.3 Å². The number of rotatable bonds is 5. The molecule has 2 amide bonds. The van der Waals surface area contributed by atoms with Crippen LogP contribution in [0, 0.1) is 6.92 Å². The molecule has 0 aliphatic heterocycles. The van der Waals surface area contributed by atoms with Gasteiger partial charge in [0.15, 0.2) is 0 Å². The molecular formula is C13H17N3O3S. The van der Waals surface area contributed by atoms with E-state index in [0.717, 1.165) is 10.6 Å². The monoisotopic (exact) mass is 295 g/mol. The van der Waals surface area contributed by atoms with Gasteiger partial charge in [0.05, 0.1) is 30.6 Å². The highest BCUT2D eigenvalue weighted by molar-refractivity contribution is 7.09. The Bertz CT molecular complexity index is 563. The van der Waals surface area contributed by atoms with Crippen molar-refractivity contribution in [2.45, 2.75) is 26.0 Å². The lowest BCUT2D eigenvalue weighted by atomic mass is 10.0. The molecule has 1 unspecified atom stereocenters. The number of hydrogen-bond donors (Lipinski definition) is 3. The normalized spacial score (nSPS) is 13.8. The molecule has 6 nitrogen and oxygen atoms in total. The van der Waals surface area contributed by atoms with Crippen LogP contribution in [0.1, 0.15) is 23.3 Å². The van der Waals surface area contributed by atoms with Crippen molar-refractivity contribution in [3.8, 4) is 0 Å². The van der Waals surface area contributed by atoms with Crippen LogP contribution in [-0.4, -0.2) is 22.7 Å². The quantitative estimate of drug-likeness (QED) is 0.784. The number of nitrogens with zero attached hydrogens (tertiary/aromatic N) is 1. The standard InChI is InChI=1S/C13H17N3O3S/c1-9-10(20-8-16-9)6-14-12(17)15-7-13(2,18)11-4-3-5-19-11/h3-5,8,18H,6-7H2,1-2H3,(H2,14,15,17). The molecule has 2 aromatic heterocycles. The summed E-state index contributed by atoms with van der Waals surface area (Å²) >= 11 is 1.50. The Morgan fingerprint density at radius 3 is 2.95 bits per heavy atom. The van der Waals surface area contributed by atoms with Crippen molar-refractivity contribution in [1.29, 1.82) is 0 Å². The van der Waals surface area contributed by atoms with Gasteiger partial charge in [-0.25, -0.2) is 9.78 Å². The summed E-state index contributed by atoms with van der Waals surface area (Å²) in [5.74, 6) is 0.413. The summed E-state index contributed by atoms with van der Waals surface area (Å²) < 4.78 is 5.14. The van der Waals surface area contributed by atoms with Gasteiger partial charge < -0.3 is 20.2 Å². The molecular weight excluding hydrogens is 278 g/mol. The van der Waals surface area contributed by atoms with Crippen LogP contribution in [-0.2, 0) is 12.1 Å². The first-order valence-corrected chi connectivity index (χ1v) is 7.04. The first kappa shape index (κ1) is 14.5. The van der Waals surface area contributed by atoms with Crippen LogP contribution in [0.5, 0.6) is 0 Å². The van der Waals surface area contributed by atoms with Crippen molar-refractivity contribution < 1.29 is 14.3 Å². The number of amides is 2. The van der Waals surface area contributed by atoms with Crippen molar-refractivity contribution >= 4 is 17.4 Å². The lowest BCUT2D eigenvalue weighted by Gasteiger charge is -2.21. The summed E-state index contributed by atoms with van der Waals surface area (Å²) in [7, 11) is 0. The molecule has 0 aromatic carbocycles. The van der Waals surface area contributed by atoms with Crippen LogP contribution in [0.3, 0.4) is 0 Å². The molecule has 0 radical (unpaired) electrons. The molecule has 0 fully saturated rings. The smallest absolute Gasteiger partial charge is 0.315 e. The van der Waals surface area contributed by atoms with Crippen LogP contribution >= 0.6 is 11.3 Å². The van der Waals surface area contributed by atoms with Gasteiger partial charge in [-0.05, 0) is 26.0 Å². The molecule has 2 rings (SSSR count). The van der Waals surface area contributed by atoms with Crippen LogP contribution in [0.2, 0.25) is 0 Å². The number of carbonyl (C=O) groups excluding carboxylic acids is 1. The number of aliphatic hydroxyl groups is 1. The summed E-state index contributed by atoms with van der Waals surface area (Å²) in [4.78, 5) is 16.8. The number of hydrogen-bond acceptors (Lipinski definition) is 5. The molecule has 0 bridgehead atoms. The predicted octanol–water partition coefficient (Wildman–Crippen LogP) is 1.75. The second-order valence-corrected chi connectivity index (χ2v) is 5.59. The van der Waals surface area contributed by atoms with E-state index in [4.69, 9.17) is 4.42 Å². The van der Waals surface area contributed by atoms with E-state index in [2.05, 4.69) is 15.6 Å². The van der Waals surface area contributed by atoms with Crippen molar-refractivity contribution in [3.05, 3.63) is 40.2 Å². The first-order valence-electron chi connectivity index (χ1n) is 6.16. The molecule has 0 saturated heterocycles. The summed E-state index contributed by atoms with van der Waals surface area (Å²) in [6.07, 6.45) is 1.48. The number of nitrogens with one attached hydrogen (secondary N) is 2. The van der Waals surface area contributed by atoms with E-state index in [0.29, 0.717) is 12.3 Å². The van der Waals surface area contributed by atoms with Crippen LogP contribution < -0.4 is 10.6 Å². The fourth-order valence-electron chi connectivity index (χ4n) is 1.64. The average molecular weight is 295 g/mol. The zero-order valence-corrected chi connectivity index (χ0v) is 12.2. The third-order valence-corrected chi connectivity index (χ3v) is 3.83. The van der Waals surface area contributed by atoms with E-state index in [1.54, 1.807) is 24.6 Å². The Labute approximate surface area is 120 Å². The van der Waals surface area contributed by atoms with Gasteiger partial charge in [-0.1, -0.05) is 0 Å². The minimum Gasteiger partial charge on any atom is -0.466 e. The highest BCUT2D eigenvalue weighted by Gasteiger charge is 2.26. The number of carbonyl (C=O) groups is 1. The number of thiazole rings is 1. The van der Waals surface area contributed by atoms with Gasteiger partial charge in [-0.2, -0.15) is 0 Å². The molecule has 7 heteroatoms. The minimum atomic E-state index is -1.23.